The van der Waals surface area contributed by atoms with Crippen molar-refractivity contribution in [2.24, 2.45) is 5.92 Å². The lowest BCUT2D eigenvalue weighted by Crippen LogP contribution is -2.26. The summed E-state index contributed by atoms with van der Waals surface area (Å²) in [5.74, 6) is 5.86. The molecule has 0 aliphatic rings. The van der Waals surface area contributed by atoms with E-state index in [0.29, 0.717) is 23.9 Å². The molecule has 1 aromatic heterocycles. The minimum atomic E-state index is -0.173. The highest BCUT2D eigenvalue weighted by Crippen LogP contribution is 2.14. The van der Waals surface area contributed by atoms with E-state index in [1.165, 1.54) is 11.3 Å². The Balaban J connectivity index is 2.24. The molecule has 0 radical (unpaired) electrons. The maximum atomic E-state index is 11.8. The van der Waals surface area contributed by atoms with Crippen molar-refractivity contribution in [3.05, 3.63) is 21.9 Å². The van der Waals surface area contributed by atoms with Crippen LogP contribution in [-0.2, 0) is 4.74 Å². The molecule has 0 saturated heterocycles. The van der Waals surface area contributed by atoms with Crippen LogP contribution >= 0.6 is 11.3 Å². The number of rotatable bonds is 7. The van der Waals surface area contributed by atoms with Gasteiger partial charge >= 0.3 is 0 Å². The third kappa shape index (κ3) is 6.71. The van der Waals surface area contributed by atoms with Crippen molar-refractivity contribution in [2.75, 3.05) is 26.4 Å². The summed E-state index contributed by atoms with van der Waals surface area (Å²) in [5.41, 5.74) is 0. The molecule has 0 aliphatic carbocycles. The molecule has 20 heavy (non-hydrogen) atoms. The molecular weight excluding hydrogens is 274 g/mol. The van der Waals surface area contributed by atoms with Crippen molar-refractivity contribution >= 4 is 17.2 Å². The number of carbonyl (C=O) groups is 1. The van der Waals surface area contributed by atoms with Crippen LogP contribution in [0, 0.1) is 17.8 Å². The van der Waals surface area contributed by atoms with Gasteiger partial charge in [0.25, 0.3) is 5.91 Å². The smallest absolute Gasteiger partial charge is 0.261 e. The molecule has 1 amide bonds. The van der Waals surface area contributed by atoms with Crippen LogP contribution in [0.3, 0.4) is 0 Å². The molecule has 0 aromatic carbocycles. The highest BCUT2D eigenvalue weighted by atomic mass is 32.1. The molecule has 1 aromatic rings. The first-order valence-corrected chi connectivity index (χ1v) is 7.50. The lowest BCUT2D eigenvalue weighted by molar-refractivity contribution is 0.0909. The highest BCUT2D eigenvalue weighted by molar-refractivity contribution is 7.14. The third-order valence-electron chi connectivity index (χ3n) is 2.49. The standard InChI is InChI=1S/C15H21NO3S/c1-12(2)7-10-19-11-8-16-15(18)14-6-5-13(20-14)4-3-9-17/h5-6,12,17H,7-11H2,1-2H3,(H,16,18). The molecule has 1 rings (SSSR count). The highest BCUT2D eigenvalue weighted by Gasteiger charge is 2.07. The molecule has 0 aliphatic heterocycles. The average Bonchev–Trinajstić information content (AvgIpc) is 2.88. The Hall–Kier alpha value is -1.35. The van der Waals surface area contributed by atoms with E-state index in [9.17, 15) is 4.79 Å². The maximum Gasteiger partial charge on any atom is 0.261 e. The normalized spacial score (nSPS) is 10.2. The second kappa shape index (κ2) is 9.54. The number of amides is 1. The Morgan fingerprint density at radius 1 is 1.45 bits per heavy atom. The van der Waals surface area contributed by atoms with Gasteiger partial charge in [-0.1, -0.05) is 25.7 Å². The summed E-state index contributed by atoms with van der Waals surface area (Å²) in [7, 11) is 0. The van der Waals surface area contributed by atoms with E-state index in [4.69, 9.17) is 9.84 Å². The molecular formula is C15H21NO3S. The molecule has 4 nitrogen and oxygen atoms in total. The van der Waals surface area contributed by atoms with Crippen LogP contribution in [-0.4, -0.2) is 37.4 Å². The number of nitrogens with one attached hydrogen (secondary N) is 1. The molecule has 0 bridgehead atoms. The van der Waals surface area contributed by atoms with Crippen LogP contribution in [0.25, 0.3) is 0 Å². The monoisotopic (exact) mass is 295 g/mol. The molecule has 0 fully saturated rings. The van der Waals surface area contributed by atoms with Gasteiger partial charge in [0, 0.05) is 13.2 Å². The van der Waals surface area contributed by atoms with E-state index in [1.807, 2.05) is 0 Å². The Labute approximate surface area is 124 Å². The summed E-state index contributed by atoms with van der Waals surface area (Å²) >= 11 is 1.32. The van der Waals surface area contributed by atoms with E-state index in [1.54, 1.807) is 12.1 Å². The number of aliphatic hydroxyl groups excluding tert-OH is 1. The van der Waals surface area contributed by atoms with E-state index in [0.717, 1.165) is 17.9 Å². The summed E-state index contributed by atoms with van der Waals surface area (Å²) in [5, 5.41) is 11.4. The lowest BCUT2D eigenvalue weighted by Gasteiger charge is -2.07. The molecule has 5 heteroatoms. The molecule has 2 N–H and O–H groups in total. The van der Waals surface area contributed by atoms with Crippen molar-refractivity contribution in [2.45, 2.75) is 20.3 Å². The van der Waals surface area contributed by atoms with Crippen LogP contribution in [0.4, 0.5) is 0 Å². The van der Waals surface area contributed by atoms with E-state index in [-0.39, 0.29) is 12.5 Å². The molecule has 1 heterocycles. The Kier molecular flexibility index (Phi) is 7.97. The third-order valence-corrected chi connectivity index (χ3v) is 3.49. The van der Waals surface area contributed by atoms with Gasteiger partial charge in [-0.3, -0.25) is 4.79 Å². The maximum absolute atomic E-state index is 11.8. The zero-order chi connectivity index (χ0) is 14.8. The van der Waals surface area contributed by atoms with Gasteiger partial charge in [-0.05, 0) is 24.5 Å². The van der Waals surface area contributed by atoms with Crippen molar-refractivity contribution in [1.29, 1.82) is 0 Å². The fraction of sp³-hybridized carbons (Fsp3) is 0.533. The van der Waals surface area contributed by atoms with Gasteiger partial charge in [0.2, 0.25) is 0 Å². The molecule has 0 atom stereocenters. The number of thiophene rings is 1. The Morgan fingerprint density at radius 2 is 2.25 bits per heavy atom. The summed E-state index contributed by atoms with van der Waals surface area (Å²) < 4.78 is 5.43. The summed E-state index contributed by atoms with van der Waals surface area (Å²) in [6, 6.07) is 3.52. The SMILES string of the molecule is CC(C)CCOCCNC(=O)c1ccc(C#CCO)s1. The van der Waals surface area contributed by atoms with Gasteiger partial charge in [-0.15, -0.1) is 11.3 Å². The molecule has 0 spiro atoms. The van der Waals surface area contributed by atoms with Crippen LogP contribution in [0.1, 0.15) is 34.8 Å². The predicted molar refractivity (Wildman–Crippen MR) is 80.9 cm³/mol. The molecule has 110 valence electrons. The first-order chi connectivity index (χ1) is 9.63. The first-order valence-electron chi connectivity index (χ1n) is 6.69. The van der Waals surface area contributed by atoms with Gasteiger partial charge in [0.1, 0.15) is 6.61 Å². The fourth-order valence-corrected chi connectivity index (χ4v) is 2.20. The average molecular weight is 295 g/mol. The second-order valence-corrected chi connectivity index (χ2v) is 5.76. The van der Waals surface area contributed by atoms with Crippen molar-refractivity contribution in [3.63, 3.8) is 0 Å². The van der Waals surface area contributed by atoms with Gasteiger partial charge in [-0.2, -0.15) is 0 Å². The summed E-state index contributed by atoms with van der Waals surface area (Å²) in [6.45, 7) is 5.90. The fourth-order valence-electron chi connectivity index (χ4n) is 1.40. The van der Waals surface area contributed by atoms with E-state index >= 15 is 0 Å². The lowest BCUT2D eigenvalue weighted by atomic mass is 10.1. The minimum Gasteiger partial charge on any atom is -0.384 e. The van der Waals surface area contributed by atoms with E-state index < -0.39 is 0 Å². The van der Waals surface area contributed by atoms with Crippen LogP contribution < -0.4 is 5.32 Å². The van der Waals surface area contributed by atoms with Gasteiger partial charge in [0.15, 0.2) is 0 Å². The zero-order valence-electron chi connectivity index (χ0n) is 11.9. The van der Waals surface area contributed by atoms with E-state index in [2.05, 4.69) is 31.0 Å². The minimum absolute atomic E-state index is 0.112. The Morgan fingerprint density at radius 3 is 2.95 bits per heavy atom. The Bertz CT molecular complexity index is 471. The quantitative estimate of drug-likeness (QED) is 0.596. The molecule has 0 saturated carbocycles. The molecule has 0 unspecified atom stereocenters. The van der Waals surface area contributed by atoms with Gasteiger partial charge in [0.05, 0.1) is 16.4 Å². The van der Waals surface area contributed by atoms with Crippen LogP contribution in [0.2, 0.25) is 0 Å². The van der Waals surface area contributed by atoms with Gasteiger partial charge < -0.3 is 15.2 Å². The topological polar surface area (TPSA) is 58.6 Å². The zero-order valence-corrected chi connectivity index (χ0v) is 12.8. The van der Waals surface area contributed by atoms with Crippen molar-refractivity contribution < 1.29 is 14.6 Å². The van der Waals surface area contributed by atoms with Crippen molar-refractivity contribution in [1.82, 2.24) is 5.32 Å². The summed E-state index contributed by atoms with van der Waals surface area (Å²) in [4.78, 5) is 13.2. The number of aliphatic hydroxyl groups is 1. The number of hydrogen-bond acceptors (Lipinski definition) is 4. The second-order valence-electron chi connectivity index (χ2n) is 4.67. The van der Waals surface area contributed by atoms with Crippen LogP contribution in [0.15, 0.2) is 12.1 Å². The summed E-state index contributed by atoms with van der Waals surface area (Å²) in [6.07, 6.45) is 1.03. The number of ether oxygens (including phenoxy) is 1. The van der Waals surface area contributed by atoms with Gasteiger partial charge in [-0.25, -0.2) is 0 Å². The predicted octanol–water partition coefficient (Wildman–Crippen LogP) is 1.88. The van der Waals surface area contributed by atoms with Crippen LogP contribution in [0.5, 0.6) is 0 Å². The number of carbonyl (C=O) groups excluding carboxylic acids is 1. The van der Waals surface area contributed by atoms with Crippen molar-refractivity contribution in [3.8, 4) is 11.8 Å². The number of hydrogen-bond donors (Lipinski definition) is 2. The largest absolute Gasteiger partial charge is 0.384 e. The first kappa shape index (κ1) is 16.7.